The first-order valence-electron chi connectivity index (χ1n) is 9.14. The molecule has 3 aromatic carbocycles. The maximum atomic E-state index is 11.9. The first-order valence-corrected chi connectivity index (χ1v) is 9.51. The Balaban J connectivity index is 2.09. The van der Waals surface area contributed by atoms with Crippen LogP contribution in [0.15, 0.2) is 60.7 Å². The summed E-state index contributed by atoms with van der Waals surface area (Å²) in [4.78, 5) is 23.0. The maximum Gasteiger partial charge on any atom is 0.277 e. The number of aromatic nitrogens is 2. The van der Waals surface area contributed by atoms with Crippen LogP contribution in [0.2, 0.25) is 0 Å². The maximum absolute atomic E-state index is 11.9. The van der Waals surface area contributed by atoms with Gasteiger partial charge in [0, 0.05) is 11.5 Å². The van der Waals surface area contributed by atoms with Gasteiger partial charge in [0.2, 0.25) is 0 Å². The van der Waals surface area contributed by atoms with Crippen LogP contribution in [0.3, 0.4) is 0 Å². The number of halogens is 1. The highest BCUT2D eigenvalue weighted by atomic mass is 35.5. The second-order valence-corrected chi connectivity index (χ2v) is 6.89. The number of hydrogen-bond acceptors (Lipinski definition) is 6. The predicted molar refractivity (Wildman–Crippen MR) is 116 cm³/mol. The van der Waals surface area contributed by atoms with Crippen molar-refractivity contribution in [3.63, 3.8) is 0 Å². The lowest BCUT2D eigenvalue weighted by Gasteiger charge is -2.15. The number of nitrogens with zero attached hydrogens (tertiary/aromatic N) is 3. The van der Waals surface area contributed by atoms with Crippen molar-refractivity contribution in [2.45, 2.75) is 0 Å². The molecule has 0 aliphatic rings. The van der Waals surface area contributed by atoms with Gasteiger partial charge in [-0.2, -0.15) is 5.10 Å². The summed E-state index contributed by atoms with van der Waals surface area (Å²) in [5.74, 6) is 1.00. The first-order chi connectivity index (χ1) is 15.0. The normalized spacial score (nSPS) is 10.8. The van der Waals surface area contributed by atoms with Gasteiger partial charge in [-0.25, -0.2) is 4.68 Å². The molecule has 0 spiro atoms. The van der Waals surface area contributed by atoms with E-state index in [0.29, 0.717) is 39.2 Å². The largest absolute Gasteiger partial charge is 0.496 e. The van der Waals surface area contributed by atoms with E-state index in [1.165, 1.54) is 31.0 Å². The third kappa shape index (κ3) is 3.47. The Kier molecular flexibility index (Phi) is 5.31. The van der Waals surface area contributed by atoms with Crippen LogP contribution in [0.25, 0.3) is 27.7 Å². The van der Waals surface area contributed by atoms with E-state index >= 15 is 0 Å². The third-order valence-electron chi connectivity index (χ3n) is 4.90. The molecule has 0 atom stereocenters. The predicted octanol–water partition coefficient (Wildman–Crippen LogP) is 5.00. The standard InChI is InChI=1S/C22H16ClN3O5/c1-30-19-8-5-9-20(31-2)21(19)18-12-15(22(23)27)24-25(18)16-10-11-17(26(28)29)14-7-4-3-6-13(14)16/h3-12H,1-2H3. The number of benzene rings is 3. The van der Waals surface area contributed by atoms with Crippen LogP contribution >= 0.6 is 11.6 Å². The Morgan fingerprint density at radius 1 is 1.00 bits per heavy atom. The Morgan fingerprint density at radius 3 is 2.23 bits per heavy atom. The Hall–Kier alpha value is -3.91. The van der Waals surface area contributed by atoms with Gasteiger partial charge in [-0.15, -0.1) is 0 Å². The van der Waals surface area contributed by atoms with E-state index in [1.807, 2.05) is 0 Å². The summed E-state index contributed by atoms with van der Waals surface area (Å²) in [6.45, 7) is 0. The quantitative estimate of drug-likeness (QED) is 0.239. The van der Waals surface area contributed by atoms with Crippen LogP contribution in [0.5, 0.6) is 11.5 Å². The van der Waals surface area contributed by atoms with Crippen molar-refractivity contribution in [3.05, 3.63) is 76.5 Å². The molecule has 0 aliphatic carbocycles. The fourth-order valence-corrected chi connectivity index (χ4v) is 3.65. The van der Waals surface area contributed by atoms with Crippen molar-refractivity contribution >= 4 is 33.3 Å². The molecule has 0 bridgehead atoms. The smallest absolute Gasteiger partial charge is 0.277 e. The number of nitro groups is 1. The van der Waals surface area contributed by atoms with Gasteiger partial charge in [-0.3, -0.25) is 14.9 Å². The highest BCUT2D eigenvalue weighted by molar-refractivity contribution is 6.67. The Bertz CT molecular complexity index is 1310. The zero-order valence-electron chi connectivity index (χ0n) is 16.5. The molecule has 0 fully saturated rings. The lowest BCUT2D eigenvalue weighted by Crippen LogP contribution is -2.04. The number of rotatable bonds is 6. The highest BCUT2D eigenvalue weighted by Crippen LogP contribution is 2.41. The molecule has 0 unspecified atom stereocenters. The van der Waals surface area contributed by atoms with Gasteiger partial charge in [-0.1, -0.05) is 24.3 Å². The monoisotopic (exact) mass is 437 g/mol. The summed E-state index contributed by atoms with van der Waals surface area (Å²) in [6, 6.07) is 16.7. The van der Waals surface area contributed by atoms with Crippen LogP contribution < -0.4 is 9.47 Å². The van der Waals surface area contributed by atoms with Crippen molar-refractivity contribution in [1.82, 2.24) is 9.78 Å². The molecule has 0 aliphatic heterocycles. The van der Waals surface area contributed by atoms with Gasteiger partial charge < -0.3 is 9.47 Å². The van der Waals surface area contributed by atoms with Gasteiger partial charge in [0.25, 0.3) is 10.9 Å². The minimum absolute atomic E-state index is 0.0204. The Labute approximate surface area is 181 Å². The molecule has 0 amide bonds. The van der Waals surface area contributed by atoms with E-state index in [4.69, 9.17) is 21.1 Å². The molecule has 4 rings (SSSR count). The summed E-state index contributed by atoms with van der Waals surface area (Å²) >= 11 is 5.73. The van der Waals surface area contributed by atoms with E-state index in [9.17, 15) is 14.9 Å². The lowest BCUT2D eigenvalue weighted by molar-refractivity contribution is -0.383. The average Bonchev–Trinajstić information content (AvgIpc) is 3.22. The minimum Gasteiger partial charge on any atom is -0.496 e. The van der Waals surface area contributed by atoms with Crippen molar-refractivity contribution in [2.24, 2.45) is 0 Å². The Morgan fingerprint density at radius 2 is 1.65 bits per heavy atom. The molecule has 1 heterocycles. The SMILES string of the molecule is COc1cccc(OC)c1-c1cc(C(=O)Cl)nn1-c1ccc([N+](=O)[O-])c2ccccc12. The molecule has 9 heteroatoms. The number of methoxy groups -OCH3 is 2. The van der Waals surface area contributed by atoms with E-state index in [2.05, 4.69) is 5.10 Å². The van der Waals surface area contributed by atoms with Crippen LogP contribution in [-0.2, 0) is 0 Å². The lowest BCUT2D eigenvalue weighted by atomic mass is 10.1. The zero-order chi connectivity index (χ0) is 22.1. The fraction of sp³-hybridized carbons (Fsp3) is 0.0909. The molecular weight excluding hydrogens is 422 g/mol. The van der Waals surface area contributed by atoms with Gasteiger partial charge in [0.05, 0.1) is 41.5 Å². The number of nitro benzene ring substituents is 1. The molecular formula is C22H16ClN3O5. The van der Waals surface area contributed by atoms with Gasteiger partial charge in [-0.05, 0) is 41.9 Å². The van der Waals surface area contributed by atoms with Crippen molar-refractivity contribution in [3.8, 4) is 28.4 Å². The number of carbonyl (C=O) groups is 1. The van der Waals surface area contributed by atoms with Crippen LogP contribution in [0, 0.1) is 10.1 Å². The second-order valence-electron chi connectivity index (χ2n) is 6.54. The second kappa shape index (κ2) is 8.08. The molecule has 0 radical (unpaired) electrons. The molecule has 31 heavy (non-hydrogen) atoms. The van der Waals surface area contributed by atoms with E-state index in [1.54, 1.807) is 48.5 Å². The van der Waals surface area contributed by atoms with Crippen molar-refractivity contribution in [1.29, 1.82) is 0 Å². The van der Waals surface area contributed by atoms with Gasteiger partial charge >= 0.3 is 0 Å². The number of hydrogen-bond donors (Lipinski definition) is 0. The molecule has 4 aromatic rings. The number of non-ortho nitro benzene ring substituents is 1. The summed E-state index contributed by atoms with van der Waals surface area (Å²) in [5, 5.41) is 16.2. The average molecular weight is 438 g/mol. The van der Waals surface area contributed by atoms with Crippen LogP contribution in [0.4, 0.5) is 5.69 Å². The van der Waals surface area contributed by atoms with Crippen molar-refractivity contribution in [2.75, 3.05) is 14.2 Å². The van der Waals surface area contributed by atoms with Crippen LogP contribution in [0.1, 0.15) is 10.5 Å². The molecule has 8 nitrogen and oxygen atoms in total. The number of fused-ring (bicyclic) bond motifs is 1. The molecule has 0 saturated carbocycles. The van der Waals surface area contributed by atoms with Crippen LogP contribution in [-0.4, -0.2) is 34.2 Å². The molecule has 1 aromatic heterocycles. The first kappa shape index (κ1) is 20.4. The van der Waals surface area contributed by atoms with Crippen molar-refractivity contribution < 1.29 is 19.2 Å². The molecule has 0 saturated heterocycles. The minimum atomic E-state index is -0.736. The van der Waals surface area contributed by atoms with E-state index in [-0.39, 0.29) is 11.4 Å². The summed E-state index contributed by atoms with van der Waals surface area (Å²) in [7, 11) is 3.04. The van der Waals surface area contributed by atoms with Gasteiger partial charge in [0.1, 0.15) is 17.2 Å². The summed E-state index contributed by atoms with van der Waals surface area (Å²) < 4.78 is 12.5. The fourth-order valence-electron chi connectivity index (χ4n) is 3.55. The molecule has 0 N–H and O–H groups in total. The third-order valence-corrected chi connectivity index (χ3v) is 5.09. The summed E-state index contributed by atoms with van der Waals surface area (Å²) in [6.07, 6.45) is 0. The number of ether oxygens (including phenoxy) is 2. The van der Waals surface area contributed by atoms with E-state index in [0.717, 1.165) is 0 Å². The highest BCUT2D eigenvalue weighted by Gasteiger charge is 2.24. The topological polar surface area (TPSA) is 96.5 Å². The molecule has 156 valence electrons. The van der Waals surface area contributed by atoms with E-state index < -0.39 is 10.2 Å². The summed E-state index contributed by atoms with van der Waals surface area (Å²) in [5.41, 5.74) is 1.57. The zero-order valence-corrected chi connectivity index (χ0v) is 17.3. The number of carbonyl (C=O) groups excluding carboxylic acids is 1. The van der Waals surface area contributed by atoms with Gasteiger partial charge in [0.15, 0.2) is 0 Å².